The molecule has 0 saturated heterocycles. The second-order valence-corrected chi connectivity index (χ2v) is 6.25. The van der Waals surface area contributed by atoms with Crippen molar-refractivity contribution in [2.24, 2.45) is 5.92 Å². The van der Waals surface area contributed by atoms with Gasteiger partial charge in [-0.1, -0.05) is 32.1 Å². The predicted molar refractivity (Wildman–Crippen MR) is 81.7 cm³/mol. The molecule has 124 valence electrons. The van der Waals surface area contributed by atoms with E-state index in [0.717, 1.165) is 25.7 Å². The van der Waals surface area contributed by atoms with Gasteiger partial charge in [-0.3, -0.25) is 15.0 Å². The molecule has 0 aliphatic heterocycles. The molecule has 4 N–H and O–H groups in total. The van der Waals surface area contributed by atoms with E-state index in [2.05, 4.69) is 21.5 Å². The van der Waals surface area contributed by atoms with Crippen LogP contribution < -0.4 is 21.5 Å². The lowest BCUT2D eigenvalue weighted by molar-refractivity contribution is -0.139. The number of amides is 4. The van der Waals surface area contributed by atoms with E-state index in [-0.39, 0.29) is 6.04 Å². The SMILES string of the molecule is O=C(NCC1CCCCCCC1)NNC(=O)C(=O)NC1CC1. The molecular formula is C15H26N4O3. The lowest BCUT2D eigenvalue weighted by Gasteiger charge is -2.20. The quantitative estimate of drug-likeness (QED) is 0.461. The molecule has 0 unspecified atom stereocenters. The fourth-order valence-corrected chi connectivity index (χ4v) is 2.67. The van der Waals surface area contributed by atoms with E-state index in [1.54, 1.807) is 0 Å². The molecule has 0 aromatic carbocycles. The number of hydrogen-bond acceptors (Lipinski definition) is 3. The van der Waals surface area contributed by atoms with Crippen LogP contribution in [0.4, 0.5) is 4.79 Å². The smallest absolute Gasteiger partial charge is 0.333 e. The van der Waals surface area contributed by atoms with Gasteiger partial charge in [0.05, 0.1) is 0 Å². The molecule has 0 aromatic heterocycles. The van der Waals surface area contributed by atoms with Crippen molar-refractivity contribution >= 4 is 17.8 Å². The maximum Gasteiger partial charge on any atom is 0.333 e. The van der Waals surface area contributed by atoms with Crippen LogP contribution in [0, 0.1) is 5.92 Å². The highest BCUT2D eigenvalue weighted by atomic mass is 16.2. The number of hydrazine groups is 1. The predicted octanol–water partition coefficient (Wildman–Crippen LogP) is 0.956. The minimum Gasteiger partial charge on any atom is -0.345 e. The summed E-state index contributed by atoms with van der Waals surface area (Å²) in [5.41, 5.74) is 4.33. The number of carbonyl (C=O) groups excluding carboxylic acids is 3. The van der Waals surface area contributed by atoms with Gasteiger partial charge in [0.2, 0.25) is 0 Å². The average molecular weight is 310 g/mol. The van der Waals surface area contributed by atoms with Gasteiger partial charge in [0.15, 0.2) is 0 Å². The summed E-state index contributed by atoms with van der Waals surface area (Å²) < 4.78 is 0. The van der Waals surface area contributed by atoms with Crippen molar-refractivity contribution in [3.8, 4) is 0 Å². The third kappa shape index (κ3) is 6.32. The molecule has 2 rings (SSSR count). The molecule has 0 aromatic rings. The standard InChI is InChI=1S/C15H26N4O3/c20-13(17-12-8-9-12)14(21)18-19-15(22)16-10-11-6-4-2-1-3-5-7-11/h11-12H,1-10H2,(H,17,20)(H,18,21)(H2,16,19,22). The fraction of sp³-hybridized carbons (Fsp3) is 0.800. The first kappa shape index (κ1) is 16.6. The summed E-state index contributed by atoms with van der Waals surface area (Å²) in [6.45, 7) is 0.607. The average Bonchev–Trinajstić information content (AvgIpc) is 3.27. The topological polar surface area (TPSA) is 99.3 Å². The van der Waals surface area contributed by atoms with Gasteiger partial charge in [0, 0.05) is 12.6 Å². The molecule has 0 radical (unpaired) electrons. The molecule has 2 saturated carbocycles. The van der Waals surface area contributed by atoms with Crippen molar-refractivity contribution in [1.82, 2.24) is 21.5 Å². The normalized spacial score (nSPS) is 19.5. The van der Waals surface area contributed by atoms with Crippen LogP contribution in [0.25, 0.3) is 0 Å². The summed E-state index contributed by atoms with van der Waals surface area (Å²) in [6, 6.07) is -0.360. The zero-order valence-electron chi connectivity index (χ0n) is 13.0. The summed E-state index contributed by atoms with van der Waals surface area (Å²) in [6.07, 6.45) is 10.4. The molecule has 2 aliphatic rings. The van der Waals surface area contributed by atoms with Gasteiger partial charge in [0.1, 0.15) is 0 Å². The summed E-state index contributed by atoms with van der Waals surface area (Å²) in [5.74, 6) is -1.05. The van der Waals surface area contributed by atoms with Crippen molar-refractivity contribution in [1.29, 1.82) is 0 Å². The molecule has 0 bridgehead atoms. The Balaban J connectivity index is 1.58. The molecular weight excluding hydrogens is 284 g/mol. The molecule has 2 aliphatic carbocycles. The third-order valence-corrected chi connectivity index (χ3v) is 4.18. The second-order valence-electron chi connectivity index (χ2n) is 6.25. The van der Waals surface area contributed by atoms with Gasteiger partial charge in [-0.15, -0.1) is 0 Å². The molecule has 2 fully saturated rings. The van der Waals surface area contributed by atoms with E-state index >= 15 is 0 Å². The largest absolute Gasteiger partial charge is 0.345 e. The highest BCUT2D eigenvalue weighted by molar-refractivity contribution is 6.35. The number of carbonyl (C=O) groups is 3. The van der Waals surface area contributed by atoms with Crippen LogP contribution in [0.5, 0.6) is 0 Å². The van der Waals surface area contributed by atoms with E-state index in [9.17, 15) is 14.4 Å². The summed E-state index contributed by atoms with van der Waals surface area (Å²) in [5, 5.41) is 5.30. The Morgan fingerprint density at radius 2 is 1.41 bits per heavy atom. The van der Waals surface area contributed by atoms with Gasteiger partial charge in [-0.25, -0.2) is 10.2 Å². The zero-order valence-corrected chi connectivity index (χ0v) is 13.0. The first-order valence-corrected chi connectivity index (χ1v) is 8.30. The maximum absolute atomic E-state index is 11.6. The van der Waals surface area contributed by atoms with Crippen LogP contribution in [0.2, 0.25) is 0 Å². The minimum absolute atomic E-state index is 0.117. The maximum atomic E-state index is 11.6. The van der Waals surface area contributed by atoms with E-state index in [0.29, 0.717) is 12.5 Å². The first-order valence-electron chi connectivity index (χ1n) is 8.30. The van der Waals surface area contributed by atoms with E-state index in [1.807, 2.05) is 0 Å². The monoisotopic (exact) mass is 310 g/mol. The van der Waals surface area contributed by atoms with Crippen molar-refractivity contribution in [3.63, 3.8) is 0 Å². The van der Waals surface area contributed by atoms with E-state index in [1.165, 1.54) is 32.1 Å². The number of rotatable bonds is 3. The van der Waals surface area contributed by atoms with Crippen molar-refractivity contribution < 1.29 is 14.4 Å². The highest BCUT2D eigenvalue weighted by Gasteiger charge is 2.26. The Kier molecular flexibility index (Phi) is 6.48. The molecule has 7 nitrogen and oxygen atoms in total. The van der Waals surface area contributed by atoms with Crippen molar-refractivity contribution in [2.75, 3.05) is 6.54 Å². The lowest BCUT2D eigenvalue weighted by Crippen LogP contribution is -2.52. The Hall–Kier alpha value is -1.79. The van der Waals surface area contributed by atoms with Crippen LogP contribution in [-0.2, 0) is 9.59 Å². The van der Waals surface area contributed by atoms with Gasteiger partial charge in [-0.2, -0.15) is 0 Å². The number of nitrogens with one attached hydrogen (secondary N) is 4. The first-order chi connectivity index (χ1) is 10.6. The fourth-order valence-electron chi connectivity index (χ4n) is 2.67. The highest BCUT2D eigenvalue weighted by Crippen LogP contribution is 2.21. The molecule has 4 amide bonds. The zero-order chi connectivity index (χ0) is 15.8. The summed E-state index contributed by atoms with van der Waals surface area (Å²) in [7, 11) is 0. The Labute approximate surface area is 130 Å². The molecule has 22 heavy (non-hydrogen) atoms. The number of hydrogen-bond donors (Lipinski definition) is 4. The minimum atomic E-state index is -0.840. The van der Waals surface area contributed by atoms with Gasteiger partial charge in [-0.05, 0) is 31.6 Å². The lowest BCUT2D eigenvalue weighted by atomic mass is 9.91. The van der Waals surface area contributed by atoms with Crippen LogP contribution in [-0.4, -0.2) is 30.4 Å². The Morgan fingerprint density at radius 1 is 0.773 bits per heavy atom. The molecule has 7 heteroatoms. The van der Waals surface area contributed by atoms with Crippen LogP contribution >= 0.6 is 0 Å². The van der Waals surface area contributed by atoms with Crippen LogP contribution in [0.1, 0.15) is 57.8 Å². The van der Waals surface area contributed by atoms with E-state index in [4.69, 9.17) is 0 Å². The van der Waals surface area contributed by atoms with Crippen LogP contribution in [0.15, 0.2) is 0 Å². The van der Waals surface area contributed by atoms with Gasteiger partial charge >= 0.3 is 17.8 Å². The third-order valence-electron chi connectivity index (χ3n) is 4.18. The summed E-state index contributed by atoms with van der Waals surface area (Å²) in [4.78, 5) is 34.5. The molecule has 0 spiro atoms. The van der Waals surface area contributed by atoms with E-state index < -0.39 is 17.8 Å². The Bertz CT molecular complexity index is 402. The molecule has 0 atom stereocenters. The van der Waals surface area contributed by atoms with Crippen LogP contribution in [0.3, 0.4) is 0 Å². The number of urea groups is 1. The molecule has 0 heterocycles. The van der Waals surface area contributed by atoms with Gasteiger partial charge < -0.3 is 10.6 Å². The summed E-state index contributed by atoms with van der Waals surface area (Å²) >= 11 is 0. The van der Waals surface area contributed by atoms with Gasteiger partial charge in [0.25, 0.3) is 0 Å². The Morgan fingerprint density at radius 3 is 2.05 bits per heavy atom. The second kappa shape index (κ2) is 8.60. The van der Waals surface area contributed by atoms with Crippen molar-refractivity contribution in [3.05, 3.63) is 0 Å². The van der Waals surface area contributed by atoms with Crippen molar-refractivity contribution in [2.45, 2.75) is 63.8 Å².